The maximum absolute atomic E-state index is 12.8. The first-order chi connectivity index (χ1) is 17.5. The number of nitrogens with zero attached hydrogens (tertiary/aromatic N) is 2. The fourth-order valence-electron chi connectivity index (χ4n) is 4.75. The lowest BCUT2D eigenvalue weighted by Gasteiger charge is -2.29. The summed E-state index contributed by atoms with van der Waals surface area (Å²) in [6.07, 6.45) is 4.90. The summed E-state index contributed by atoms with van der Waals surface area (Å²) >= 11 is 0. The summed E-state index contributed by atoms with van der Waals surface area (Å²) in [6.45, 7) is 7.65. The molecule has 1 aliphatic rings. The van der Waals surface area contributed by atoms with Gasteiger partial charge >= 0.3 is 0 Å². The largest absolute Gasteiger partial charge is 0.493 e. The van der Waals surface area contributed by atoms with E-state index >= 15 is 0 Å². The summed E-state index contributed by atoms with van der Waals surface area (Å²) in [4.78, 5) is 30.2. The molecular formula is C30H34N2O4. The summed E-state index contributed by atoms with van der Waals surface area (Å²) in [6, 6.07) is 15.4. The van der Waals surface area contributed by atoms with Gasteiger partial charge in [-0.3, -0.25) is 14.6 Å². The van der Waals surface area contributed by atoms with Gasteiger partial charge in [0.05, 0.1) is 12.7 Å². The monoisotopic (exact) mass is 486 g/mol. The SMILES string of the molecule is Cc1c(CC(=O)c2ccc(C=O)cn2)cccc1-c1cccc(OCCCN2CCC(O)CC2)c1C. The Labute approximate surface area is 212 Å². The molecule has 1 aromatic heterocycles. The molecule has 1 aliphatic heterocycles. The number of hydrogen-bond donors (Lipinski definition) is 1. The number of carbonyl (C=O) groups is 2. The number of ketones is 1. The van der Waals surface area contributed by atoms with Crippen LogP contribution in [0.5, 0.6) is 5.75 Å². The van der Waals surface area contributed by atoms with Crippen LogP contribution >= 0.6 is 0 Å². The average molecular weight is 487 g/mol. The Bertz CT molecular complexity index is 1200. The van der Waals surface area contributed by atoms with E-state index in [0.29, 0.717) is 17.9 Å². The molecule has 0 atom stereocenters. The van der Waals surface area contributed by atoms with Gasteiger partial charge in [0.15, 0.2) is 12.1 Å². The van der Waals surface area contributed by atoms with E-state index in [1.54, 1.807) is 12.1 Å². The first kappa shape index (κ1) is 25.7. The van der Waals surface area contributed by atoms with Gasteiger partial charge < -0.3 is 14.7 Å². The molecule has 3 aromatic rings. The number of aldehydes is 1. The number of aromatic nitrogens is 1. The molecule has 0 spiro atoms. The van der Waals surface area contributed by atoms with Gasteiger partial charge in [-0.05, 0) is 79.1 Å². The molecule has 0 unspecified atom stereocenters. The number of benzene rings is 2. The number of carbonyl (C=O) groups excluding carboxylic acids is 2. The third-order valence-electron chi connectivity index (χ3n) is 7.01. The van der Waals surface area contributed by atoms with Crippen LogP contribution in [0, 0.1) is 13.8 Å². The van der Waals surface area contributed by atoms with Gasteiger partial charge in [-0.2, -0.15) is 0 Å². The third-order valence-corrected chi connectivity index (χ3v) is 7.01. The normalized spacial score (nSPS) is 14.5. The molecule has 0 saturated carbocycles. The van der Waals surface area contributed by atoms with Crippen molar-refractivity contribution >= 4 is 12.1 Å². The van der Waals surface area contributed by atoms with Crippen LogP contribution in [0.3, 0.4) is 0 Å². The number of aliphatic hydroxyl groups excluding tert-OH is 1. The molecular weight excluding hydrogens is 452 g/mol. The molecule has 0 bridgehead atoms. The second-order valence-electron chi connectivity index (χ2n) is 9.49. The van der Waals surface area contributed by atoms with Crippen LogP contribution in [0.15, 0.2) is 54.7 Å². The van der Waals surface area contributed by atoms with Gasteiger partial charge in [0, 0.05) is 37.8 Å². The minimum absolute atomic E-state index is 0.0790. The summed E-state index contributed by atoms with van der Waals surface area (Å²) in [5.74, 6) is 0.798. The van der Waals surface area contributed by atoms with Crippen LogP contribution in [0.2, 0.25) is 0 Å². The van der Waals surface area contributed by atoms with Crippen molar-refractivity contribution in [1.82, 2.24) is 9.88 Å². The number of Topliss-reactive ketones (excluding diaryl/α,β-unsaturated/α-hetero) is 1. The summed E-state index contributed by atoms with van der Waals surface area (Å²) in [5.41, 5.74) is 6.08. The fourth-order valence-corrected chi connectivity index (χ4v) is 4.75. The van der Waals surface area contributed by atoms with Gasteiger partial charge in [0.1, 0.15) is 11.4 Å². The number of rotatable bonds is 10. The average Bonchev–Trinajstić information content (AvgIpc) is 2.90. The molecule has 188 valence electrons. The molecule has 0 radical (unpaired) electrons. The molecule has 2 heterocycles. The molecule has 1 fully saturated rings. The van der Waals surface area contributed by atoms with Crippen molar-refractivity contribution in [2.24, 2.45) is 0 Å². The van der Waals surface area contributed by atoms with Crippen molar-refractivity contribution in [3.05, 3.63) is 82.7 Å². The second kappa shape index (κ2) is 12.1. The first-order valence-corrected chi connectivity index (χ1v) is 12.6. The summed E-state index contributed by atoms with van der Waals surface area (Å²) in [7, 11) is 0. The van der Waals surface area contributed by atoms with Crippen LogP contribution in [-0.2, 0) is 6.42 Å². The Morgan fingerprint density at radius 1 is 1.06 bits per heavy atom. The fraction of sp³-hybridized carbons (Fsp3) is 0.367. The Hall–Kier alpha value is -3.35. The molecule has 2 aromatic carbocycles. The van der Waals surface area contributed by atoms with E-state index in [2.05, 4.69) is 28.9 Å². The molecule has 1 N–H and O–H groups in total. The predicted octanol–water partition coefficient (Wildman–Crippen LogP) is 4.83. The Balaban J connectivity index is 1.42. The Morgan fingerprint density at radius 2 is 1.78 bits per heavy atom. The number of likely N-dealkylation sites (tertiary alicyclic amines) is 1. The van der Waals surface area contributed by atoms with Crippen LogP contribution in [0.1, 0.15) is 56.8 Å². The van der Waals surface area contributed by atoms with Crippen molar-refractivity contribution in [2.75, 3.05) is 26.2 Å². The number of pyridine rings is 1. The maximum Gasteiger partial charge on any atom is 0.185 e. The van der Waals surface area contributed by atoms with E-state index in [4.69, 9.17) is 4.74 Å². The Morgan fingerprint density at radius 3 is 2.47 bits per heavy atom. The molecule has 4 rings (SSSR count). The van der Waals surface area contributed by atoms with Crippen molar-refractivity contribution in [1.29, 1.82) is 0 Å². The lowest BCUT2D eigenvalue weighted by molar-refractivity contribution is 0.0800. The van der Waals surface area contributed by atoms with Crippen molar-refractivity contribution < 1.29 is 19.4 Å². The molecule has 1 saturated heterocycles. The predicted molar refractivity (Wildman–Crippen MR) is 141 cm³/mol. The van der Waals surface area contributed by atoms with E-state index in [1.165, 1.54) is 6.20 Å². The van der Waals surface area contributed by atoms with Crippen LogP contribution in [0.4, 0.5) is 0 Å². The number of ether oxygens (including phenoxy) is 1. The minimum atomic E-state index is -0.144. The van der Waals surface area contributed by atoms with E-state index in [-0.39, 0.29) is 18.3 Å². The Kier molecular flexibility index (Phi) is 8.62. The van der Waals surface area contributed by atoms with E-state index in [1.807, 2.05) is 31.2 Å². The van der Waals surface area contributed by atoms with Gasteiger partial charge in [-0.1, -0.05) is 30.3 Å². The smallest absolute Gasteiger partial charge is 0.185 e. The van der Waals surface area contributed by atoms with Crippen molar-refractivity contribution in [2.45, 2.75) is 45.6 Å². The van der Waals surface area contributed by atoms with E-state index in [9.17, 15) is 14.7 Å². The number of piperidine rings is 1. The summed E-state index contributed by atoms with van der Waals surface area (Å²) < 4.78 is 6.16. The van der Waals surface area contributed by atoms with Crippen LogP contribution < -0.4 is 4.74 Å². The molecule has 0 aliphatic carbocycles. The minimum Gasteiger partial charge on any atom is -0.493 e. The zero-order chi connectivity index (χ0) is 25.5. The van der Waals surface area contributed by atoms with Crippen molar-refractivity contribution in [3.8, 4) is 16.9 Å². The van der Waals surface area contributed by atoms with Gasteiger partial charge in [0.2, 0.25) is 0 Å². The lowest BCUT2D eigenvalue weighted by Crippen LogP contribution is -2.36. The summed E-state index contributed by atoms with van der Waals surface area (Å²) in [5, 5.41) is 9.67. The molecule has 0 amide bonds. The quantitative estimate of drug-likeness (QED) is 0.251. The van der Waals surface area contributed by atoms with E-state index in [0.717, 1.165) is 78.7 Å². The molecule has 6 heteroatoms. The topological polar surface area (TPSA) is 79.7 Å². The highest BCUT2D eigenvalue weighted by Crippen LogP contribution is 2.33. The first-order valence-electron chi connectivity index (χ1n) is 12.6. The highest BCUT2D eigenvalue weighted by Gasteiger charge is 2.17. The van der Waals surface area contributed by atoms with Crippen LogP contribution in [0.25, 0.3) is 11.1 Å². The highest BCUT2D eigenvalue weighted by molar-refractivity contribution is 5.96. The zero-order valence-corrected chi connectivity index (χ0v) is 21.1. The molecule has 36 heavy (non-hydrogen) atoms. The van der Waals surface area contributed by atoms with Crippen molar-refractivity contribution in [3.63, 3.8) is 0 Å². The third kappa shape index (κ3) is 6.25. The lowest BCUT2D eigenvalue weighted by atomic mass is 9.91. The van der Waals surface area contributed by atoms with Gasteiger partial charge in [0.25, 0.3) is 0 Å². The van der Waals surface area contributed by atoms with Gasteiger partial charge in [-0.15, -0.1) is 0 Å². The number of hydrogen-bond acceptors (Lipinski definition) is 6. The highest BCUT2D eigenvalue weighted by atomic mass is 16.5. The van der Waals surface area contributed by atoms with Gasteiger partial charge in [-0.25, -0.2) is 0 Å². The van der Waals surface area contributed by atoms with Crippen LogP contribution in [-0.4, -0.2) is 59.4 Å². The molecule has 6 nitrogen and oxygen atoms in total. The maximum atomic E-state index is 12.8. The number of aliphatic hydroxyl groups is 1. The van der Waals surface area contributed by atoms with E-state index < -0.39 is 0 Å². The second-order valence-corrected chi connectivity index (χ2v) is 9.49. The standard InChI is InChI=1S/C30H34N2O4/c1-21-24(18-29(35)28-11-10-23(20-33)19-31-28)6-3-7-26(21)27-8-4-9-30(22(27)2)36-17-5-14-32-15-12-25(34)13-16-32/h3-4,6-11,19-20,25,34H,5,12-18H2,1-2H3. The zero-order valence-electron chi connectivity index (χ0n) is 21.1.